The standard InChI is InChI=1S/C10H17NO3S3/c1-3-9(7-15-2)11-17(13,14)10-4-8(5-12)6-16-10/h4,6,9,11-12H,3,5,7H2,1-2H3. The molecule has 0 bridgehead atoms. The average molecular weight is 295 g/mol. The molecule has 1 atom stereocenters. The Hall–Kier alpha value is -0.0800. The number of aliphatic hydroxyl groups is 1. The highest BCUT2D eigenvalue weighted by atomic mass is 32.2. The third kappa shape index (κ3) is 4.26. The zero-order chi connectivity index (χ0) is 12.9. The molecule has 0 fully saturated rings. The quantitative estimate of drug-likeness (QED) is 0.803. The number of hydrogen-bond donors (Lipinski definition) is 2. The van der Waals surface area contributed by atoms with E-state index in [9.17, 15) is 8.42 Å². The summed E-state index contributed by atoms with van der Waals surface area (Å²) in [5.74, 6) is 0.758. The van der Waals surface area contributed by atoms with Crippen molar-refractivity contribution in [3.05, 3.63) is 17.0 Å². The molecule has 7 heteroatoms. The van der Waals surface area contributed by atoms with Crippen LogP contribution in [0.4, 0.5) is 0 Å². The predicted octanol–water partition coefficient (Wildman–Crippen LogP) is 1.66. The first kappa shape index (κ1) is 15.0. The first-order chi connectivity index (χ1) is 8.03. The minimum Gasteiger partial charge on any atom is -0.392 e. The number of aliphatic hydroxyl groups excluding tert-OH is 1. The molecule has 0 aliphatic heterocycles. The Kier molecular flexibility index (Phi) is 5.94. The number of thioether (sulfide) groups is 1. The molecular weight excluding hydrogens is 278 g/mol. The van der Waals surface area contributed by atoms with Crippen LogP contribution in [-0.4, -0.2) is 31.6 Å². The van der Waals surface area contributed by atoms with Gasteiger partial charge in [0.1, 0.15) is 4.21 Å². The van der Waals surface area contributed by atoms with Gasteiger partial charge in [-0.1, -0.05) is 6.92 Å². The third-order valence-electron chi connectivity index (χ3n) is 2.26. The Morgan fingerprint density at radius 1 is 1.59 bits per heavy atom. The highest BCUT2D eigenvalue weighted by molar-refractivity contribution is 7.98. The van der Waals surface area contributed by atoms with Gasteiger partial charge in [0.25, 0.3) is 0 Å². The number of sulfonamides is 1. The predicted molar refractivity (Wildman–Crippen MR) is 73.0 cm³/mol. The van der Waals surface area contributed by atoms with Crippen LogP contribution in [0.1, 0.15) is 18.9 Å². The Morgan fingerprint density at radius 3 is 2.76 bits per heavy atom. The van der Waals surface area contributed by atoms with Crippen molar-refractivity contribution in [1.82, 2.24) is 4.72 Å². The molecule has 0 aliphatic carbocycles. The normalized spacial score (nSPS) is 13.8. The van der Waals surface area contributed by atoms with E-state index in [0.29, 0.717) is 5.56 Å². The van der Waals surface area contributed by atoms with E-state index in [1.807, 2.05) is 13.2 Å². The van der Waals surface area contributed by atoms with Crippen molar-refractivity contribution in [2.75, 3.05) is 12.0 Å². The van der Waals surface area contributed by atoms with Gasteiger partial charge in [-0.3, -0.25) is 0 Å². The van der Waals surface area contributed by atoms with Crippen LogP contribution in [0.5, 0.6) is 0 Å². The van der Waals surface area contributed by atoms with E-state index in [4.69, 9.17) is 5.11 Å². The first-order valence-corrected chi connectivity index (χ1v) is 8.98. The second-order valence-corrected chi connectivity index (χ2v) is 7.38. The fraction of sp³-hybridized carbons (Fsp3) is 0.600. The lowest BCUT2D eigenvalue weighted by molar-refractivity contribution is 0.282. The molecule has 1 unspecified atom stereocenters. The van der Waals surface area contributed by atoms with Gasteiger partial charge in [0, 0.05) is 11.8 Å². The summed E-state index contributed by atoms with van der Waals surface area (Å²) in [7, 11) is -3.44. The first-order valence-electron chi connectivity index (χ1n) is 5.23. The molecule has 1 rings (SSSR count). The van der Waals surface area contributed by atoms with E-state index in [2.05, 4.69) is 4.72 Å². The Balaban J connectivity index is 2.80. The second-order valence-electron chi connectivity index (χ2n) is 3.61. The molecule has 4 nitrogen and oxygen atoms in total. The van der Waals surface area contributed by atoms with E-state index >= 15 is 0 Å². The van der Waals surface area contributed by atoms with Crippen LogP contribution in [0.15, 0.2) is 15.7 Å². The summed E-state index contributed by atoms with van der Waals surface area (Å²) >= 11 is 2.75. The van der Waals surface area contributed by atoms with E-state index in [-0.39, 0.29) is 16.9 Å². The van der Waals surface area contributed by atoms with Gasteiger partial charge in [-0.2, -0.15) is 11.8 Å². The van der Waals surface area contributed by atoms with Crippen LogP contribution >= 0.6 is 23.1 Å². The van der Waals surface area contributed by atoms with Gasteiger partial charge in [-0.15, -0.1) is 11.3 Å². The van der Waals surface area contributed by atoms with Crippen LogP contribution in [0.2, 0.25) is 0 Å². The van der Waals surface area contributed by atoms with Gasteiger partial charge in [0.15, 0.2) is 0 Å². The number of nitrogens with one attached hydrogen (secondary N) is 1. The van der Waals surface area contributed by atoms with Gasteiger partial charge >= 0.3 is 0 Å². The highest BCUT2D eigenvalue weighted by Gasteiger charge is 2.20. The Bertz CT molecular complexity index is 441. The van der Waals surface area contributed by atoms with Crippen molar-refractivity contribution in [2.45, 2.75) is 30.2 Å². The van der Waals surface area contributed by atoms with Crippen LogP contribution < -0.4 is 4.72 Å². The summed E-state index contributed by atoms with van der Waals surface area (Å²) in [6, 6.07) is 1.47. The minimum atomic E-state index is -3.44. The SMILES string of the molecule is CCC(CSC)NS(=O)(=O)c1cc(CO)cs1. The maximum absolute atomic E-state index is 12.0. The lowest BCUT2D eigenvalue weighted by Gasteiger charge is -2.14. The molecule has 1 aromatic heterocycles. The van der Waals surface area contributed by atoms with Crippen molar-refractivity contribution < 1.29 is 13.5 Å². The smallest absolute Gasteiger partial charge is 0.250 e. The van der Waals surface area contributed by atoms with Crippen molar-refractivity contribution in [1.29, 1.82) is 0 Å². The lowest BCUT2D eigenvalue weighted by Crippen LogP contribution is -2.35. The molecule has 0 amide bonds. The number of thiophene rings is 1. The molecule has 17 heavy (non-hydrogen) atoms. The summed E-state index contributed by atoms with van der Waals surface area (Å²) in [6.45, 7) is 1.82. The molecule has 0 aromatic carbocycles. The molecular formula is C10H17NO3S3. The summed E-state index contributed by atoms with van der Waals surface area (Å²) in [4.78, 5) is 0. The second kappa shape index (κ2) is 6.75. The van der Waals surface area contributed by atoms with Crippen molar-refractivity contribution in [3.63, 3.8) is 0 Å². The molecule has 0 spiro atoms. The van der Waals surface area contributed by atoms with Gasteiger partial charge in [-0.25, -0.2) is 13.1 Å². The van der Waals surface area contributed by atoms with E-state index in [1.54, 1.807) is 17.1 Å². The zero-order valence-electron chi connectivity index (χ0n) is 9.84. The monoisotopic (exact) mass is 295 g/mol. The Morgan fingerprint density at radius 2 is 2.29 bits per heavy atom. The van der Waals surface area contributed by atoms with Crippen molar-refractivity contribution in [2.24, 2.45) is 0 Å². The van der Waals surface area contributed by atoms with E-state index in [0.717, 1.165) is 23.5 Å². The summed E-state index contributed by atoms with van der Waals surface area (Å²) < 4.78 is 27.0. The maximum Gasteiger partial charge on any atom is 0.250 e. The average Bonchev–Trinajstić information content (AvgIpc) is 2.77. The fourth-order valence-electron chi connectivity index (χ4n) is 1.29. The molecule has 1 aromatic rings. The van der Waals surface area contributed by atoms with Gasteiger partial charge in [-0.05, 0) is 29.7 Å². The van der Waals surface area contributed by atoms with Gasteiger partial charge in [0.2, 0.25) is 10.0 Å². The van der Waals surface area contributed by atoms with Gasteiger partial charge in [0.05, 0.1) is 6.61 Å². The minimum absolute atomic E-state index is 0.0466. The molecule has 1 heterocycles. The highest BCUT2D eigenvalue weighted by Crippen LogP contribution is 2.20. The number of rotatable bonds is 7. The molecule has 0 saturated carbocycles. The van der Waals surface area contributed by atoms with Crippen LogP contribution in [0.3, 0.4) is 0 Å². The molecule has 0 saturated heterocycles. The lowest BCUT2D eigenvalue weighted by atomic mass is 10.3. The summed E-state index contributed by atoms with van der Waals surface area (Å²) in [5, 5.41) is 10.6. The van der Waals surface area contributed by atoms with Crippen molar-refractivity contribution >= 4 is 33.1 Å². The van der Waals surface area contributed by atoms with Crippen molar-refractivity contribution in [3.8, 4) is 0 Å². The van der Waals surface area contributed by atoms with Crippen LogP contribution in [-0.2, 0) is 16.6 Å². The van der Waals surface area contributed by atoms with Crippen LogP contribution in [0.25, 0.3) is 0 Å². The molecule has 0 radical (unpaired) electrons. The topological polar surface area (TPSA) is 66.4 Å². The van der Waals surface area contributed by atoms with E-state index in [1.165, 1.54) is 6.07 Å². The molecule has 0 aliphatic rings. The fourth-order valence-corrected chi connectivity index (χ4v) is 4.65. The molecule has 2 N–H and O–H groups in total. The molecule has 98 valence electrons. The zero-order valence-corrected chi connectivity index (χ0v) is 12.3. The summed E-state index contributed by atoms with van der Waals surface area (Å²) in [6.07, 6.45) is 2.71. The maximum atomic E-state index is 12.0. The van der Waals surface area contributed by atoms with Gasteiger partial charge < -0.3 is 5.11 Å². The van der Waals surface area contributed by atoms with E-state index < -0.39 is 10.0 Å². The summed E-state index contributed by atoms with van der Waals surface area (Å²) in [5.41, 5.74) is 0.633. The van der Waals surface area contributed by atoms with Crippen LogP contribution in [0, 0.1) is 0 Å². The Labute approximate surface area is 110 Å². The largest absolute Gasteiger partial charge is 0.392 e. The third-order valence-corrected chi connectivity index (χ3v) is 6.00. The number of hydrogen-bond acceptors (Lipinski definition) is 5.